The van der Waals surface area contributed by atoms with Crippen molar-refractivity contribution in [3.8, 4) is 0 Å². The molecule has 8 heteroatoms. The van der Waals surface area contributed by atoms with Crippen molar-refractivity contribution in [1.82, 2.24) is 19.5 Å². The lowest BCUT2D eigenvalue weighted by Gasteiger charge is -1.95. The molecule has 0 unspecified atom stereocenters. The van der Waals surface area contributed by atoms with E-state index in [2.05, 4.69) is 56.5 Å². The number of H-pyrrole nitrogens is 1. The second-order valence-electron chi connectivity index (χ2n) is 5.07. The first-order valence-electron chi connectivity index (χ1n) is 7.03. The van der Waals surface area contributed by atoms with Gasteiger partial charge in [0.05, 0.1) is 0 Å². The summed E-state index contributed by atoms with van der Waals surface area (Å²) >= 11 is 6.57. The van der Waals surface area contributed by atoms with Crippen LogP contribution in [0.15, 0.2) is 45.6 Å². The standard InChI is InChI=1S/C9H6BrN3.C8H4BrN3/c1-11-8-7(10)5-6-3-4-13(2)9(6)12-8;1-10-8-6(9)4-5-2-3-11-7(5)12-8/h3-5H,2H3;2-4H,(H,11,12). The summed E-state index contributed by atoms with van der Waals surface area (Å²) in [6, 6.07) is 7.68. The first-order chi connectivity index (χ1) is 12.0. The second-order valence-corrected chi connectivity index (χ2v) is 6.77. The molecular formula is C17H10Br2N6. The zero-order valence-electron chi connectivity index (χ0n) is 13.0. The van der Waals surface area contributed by atoms with E-state index < -0.39 is 0 Å². The van der Waals surface area contributed by atoms with Crippen LogP contribution in [0.5, 0.6) is 0 Å². The minimum absolute atomic E-state index is 0.393. The average molecular weight is 458 g/mol. The molecule has 0 spiro atoms. The van der Waals surface area contributed by atoms with Crippen molar-refractivity contribution >= 4 is 65.6 Å². The minimum Gasteiger partial charge on any atom is -0.360 e. The van der Waals surface area contributed by atoms with Gasteiger partial charge in [0.25, 0.3) is 11.6 Å². The number of rotatable bonds is 0. The van der Waals surface area contributed by atoms with Crippen LogP contribution in [0.25, 0.3) is 31.8 Å². The number of aryl methyl sites for hydroxylation is 1. The summed E-state index contributed by atoms with van der Waals surface area (Å²) in [6.45, 7) is 13.7. The fourth-order valence-electron chi connectivity index (χ4n) is 2.25. The molecule has 0 fully saturated rings. The molecule has 4 aromatic rings. The molecule has 4 aromatic heterocycles. The summed E-state index contributed by atoms with van der Waals surface area (Å²) in [6.07, 6.45) is 3.73. The van der Waals surface area contributed by atoms with Gasteiger partial charge < -0.3 is 19.2 Å². The van der Waals surface area contributed by atoms with Gasteiger partial charge in [-0.3, -0.25) is 0 Å². The van der Waals surface area contributed by atoms with Crippen LogP contribution in [0, 0.1) is 13.1 Å². The summed E-state index contributed by atoms with van der Waals surface area (Å²) in [5.41, 5.74) is 1.60. The Balaban J connectivity index is 0.000000146. The van der Waals surface area contributed by atoms with Gasteiger partial charge in [0, 0.05) is 39.2 Å². The maximum absolute atomic E-state index is 6.91. The van der Waals surface area contributed by atoms with Crippen LogP contribution in [0.4, 0.5) is 11.6 Å². The maximum Gasteiger partial charge on any atom is 0.286 e. The van der Waals surface area contributed by atoms with Gasteiger partial charge in [0.1, 0.15) is 0 Å². The fourth-order valence-corrected chi connectivity index (χ4v) is 3.10. The van der Waals surface area contributed by atoms with Crippen molar-refractivity contribution in [3.63, 3.8) is 0 Å². The van der Waals surface area contributed by atoms with E-state index in [1.54, 1.807) is 6.20 Å². The summed E-state index contributed by atoms with van der Waals surface area (Å²) in [4.78, 5) is 17.8. The number of nitrogens with one attached hydrogen (secondary N) is 1. The van der Waals surface area contributed by atoms with E-state index in [1.165, 1.54) is 0 Å². The van der Waals surface area contributed by atoms with E-state index in [4.69, 9.17) is 13.1 Å². The van der Waals surface area contributed by atoms with Gasteiger partial charge in [-0.2, -0.15) is 0 Å². The highest BCUT2D eigenvalue weighted by Gasteiger charge is 2.08. The average Bonchev–Trinajstić information content (AvgIpc) is 3.20. The third kappa shape index (κ3) is 3.41. The second kappa shape index (κ2) is 7.06. The molecule has 6 nitrogen and oxygen atoms in total. The highest BCUT2D eigenvalue weighted by atomic mass is 79.9. The summed E-state index contributed by atoms with van der Waals surface area (Å²) in [5, 5.41) is 2.05. The maximum atomic E-state index is 6.91. The Morgan fingerprint density at radius 1 is 1.00 bits per heavy atom. The van der Waals surface area contributed by atoms with Crippen molar-refractivity contribution in [1.29, 1.82) is 0 Å². The first-order valence-corrected chi connectivity index (χ1v) is 8.62. The number of aromatic amines is 1. The Morgan fingerprint density at radius 3 is 2.32 bits per heavy atom. The van der Waals surface area contributed by atoms with E-state index in [0.717, 1.165) is 31.0 Å². The van der Waals surface area contributed by atoms with Crippen molar-refractivity contribution in [2.24, 2.45) is 7.05 Å². The number of hydrogen-bond donors (Lipinski definition) is 1. The van der Waals surface area contributed by atoms with Crippen LogP contribution in [-0.2, 0) is 7.05 Å². The lowest BCUT2D eigenvalue weighted by atomic mass is 10.3. The molecule has 0 aliphatic rings. The number of nitrogens with zero attached hydrogens (tertiary/aromatic N) is 5. The number of pyridine rings is 2. The van der Waals surface area contributed by atoms with Gasteiger partial charge in [-0.05, 0) is 24.3 Å². The molecule has 0 saturated carbocycles. The smallest absolute Gasteiger partial charge is 0.286 e. The third-order valence-corrected chi connectivity index (χ3v) is 4.63. The van der Waals surface area contributed by atoms with Gasteiger partial charge in [0.2, 0.25) is 11.3 Å². The monoisotopic (exact) mass is 456 g/mol. The highest BCUT2D eigenvalue weighted by Crippen LogP contribution is 2.27. The molecule has 1 N–H and O–H groups in total. The Hall–Kier alpha value is -2.68. The van der Waals surface area contributed by atoms with E-state index in [-0.39, 0.29) is 0 Å². The molecule has 0 aromatic carbocycles. The van der Waals surface area contributed by atoms with Crippen molar-refractivity contribution < 1.29 is 0 Å². The van der Waals surface area contributed by atoms with E-state index in [0.29, 0.717) is 11.6 Å². The minimum atomic E-state index is 0.393. The van der Waals surface area contributed by atoms with Gasteiger partial charge >= 0.3 is 0 Å². The number of aromatic nitrogens is 4. The van der Waals surface area contributed by atoms with E-state index in [9.17, 15) is 0 Å². The number of fused-ring (bicyclic) bond motifs is 2. The molecule has 4 rings (SSSR count). The predicted octanol–water partition coefficient (Wildman–Crippen LogP) is 5.76. The Morgan fingerprint density at radius 2 is 1.64 bits per heavy atom. The van der Waals surface area contributed by atoms with Gasteiger partial charge in [0.15, 0.2) is 0 Å². The number of hydrogen-bond acceptors (Lipinski definition) is 2. The Bertz CT molecular complexity index is 1160. The fraction of sp³-hybridized carbons (Fsp3) is 0.0588. The van der Waals surface area contributed by atoms with Crippen molar-refractivity contribution in [2.45, 2.75) is 0 Å². The molecule has 25 heavy (non-hydrogen) atoms. The summed E-state index contributed by atoms with van der Waals surface area (Å²) in [7, 11) is 1.91. The SMILES string of the molecule is [C-]#[N+]c1nc2[nH]ccc2cc1Br.[C-]#[N+]c1nc2c(ccn2C)cc1Br. The lowest BCUT2D eigenvalue weighted by Crippen LogP contribution is -1.87. The van der Waals surface area contributed by atoms with Crippen molar-refractivity contribution in [3.05, 3.63) is 68.4 Å². The molecule has 122 valence electrons. The van der Waals surface area contributed by atoms with Crippen LogP contribution in [0.1, 0.15) is 0 Å². The zero-order valence-corrected chi connectivity index (χ0v) is 16.1. The van der Waals surface area contributed by atoms with E-state index in [1.807, 2.05) is 42.1 Å². The Kier molecular flexibility index (Phi) is 4.84. The summed E-state index contributed by atoms with van der Waals surface area (Å²) < 4.78 is 3.39. The highest BCUT2D eigenvalue weighted by molar-refractivity contribution is 9.11. The van der Waals surface area contributed by atoms with Crippen LogP contribution >= 0.6 is 31.9 Å². The summed E-state index contributed by atoms with van der Waals surface area (Å²) in [5.74, 6) is 0.805. The largest absolute Gasteiger partial charge is 0.360 e. The molecule has 4 heterocycles. The van der Waals surface area contributed by atoms with Crippen LogP contribution < -0.4 is 0 Å². The molecule has 0 bridgehead atoms. The topological polar surface area (TPSA) is 55.2 Å². The first kappa shape index (κ1) is 17.2. The van der Waals surface area contributed by atoms with Crippen molar-refractivity contribution in [2.75, 3.05) is 0 Å². The van der Waals surface area contributed by atoms with Gasteiger partial charge in [-0.15, -0.1) is 9.97 Å². The van der Waals surface area contributed by atoms with E-state index >= 15 is 0 Å². The van der Waals surface area contributed by atoms with Crippen LogP contribution in [0.3, 0.4) is 0 Å². The zero-order chi connectivity index (χ0) is 18.0. The molecular weight excluding hydrogens is 448 g/mol. The van der Waals surface area contributed by atoms with Crippen LogP contribution in [0.2, 0.25) is 0 Å². The third-order valence-electron chi connectivity index (χ3n) is 3.46. The van der Waals surface area contributed by atoms with Gasteiger partial charge in [-0.25, -0.2) is 0 Å². The Labute approximate surface area is 160 Å². The quantitative estimate of drug-likeness (QED) is 0.341. The predicted molar refractivity (Wildman–Crippen MR) is 105 cm³/mol. The molecule has 0 aliphatic heterocycles. The molecule has 0 aliphatic carbocycles. The normalized spacial score (nSPS) is 10.1. The molecule has 0 atom stereocenters. The molecule has 0 saturated heterocycles. The van der Waals surface area contributed by atoms with Gasteiger partial charge in [-0.1, -0.05) is 45.0 Å². The number of halogens is 2. The lowest BCUT2D eigenvalue weighted by molar-refractivity contribution is 0.950. The van der Waals surface area contributed by atoms with Crippen LogP contribution in [-0.4, -0.2) is 19.5 Å². The molecule has 0 amide bonds. The molecule has 0 radical (unpaired) electrons.